The molecular weight excluding hydrogens is 310 g/mol. The molecule has 1 aromatic carbocycles. The molecule has 2 atom stereocenters. The quantitative estimate of drug-likeness (QED) is 0.601. The molecule has 1 nitrogen and oxygen atoms in total. The summed E-state index contributed by atoms with van der Waals surface area (Å²) in [4.78, 5) is 0. The summed E-state index contributed by atoms with van der Waals surface area (Å²) in [5, 5.41) is 0. The second-order valence-electron chi connectivity index (χ2n) is 8.74. The van der Waals surface area contributed by atoms with Crippen LogP contribution in [0.15, 0.2) is 18.2 Å². The second kappa shape index (κ2) is 9.29. The van der Waals surface area contributed by atoms with Crippen molar-refractivity contribution in [3.8, 4) is 0 Å². The first kappa shape index (κ1) is 19.8. The van der Waals surface area contributed by atoms with Crippen LogP contribution >= 0.6 is 11.8 Å². The van der Waals surface area contributed by atoms with E-state index in [1.807, 2.05) is 0 Å². The van der Waals surface area contributed by atoms with Gasteiger partial charge in [-0.2, -0.15) is 11.8 Å². The molecule has 1 aliphatic carbocycles. The monoisotopic (exact) mass is 347 g/mol. The largest absolute Gasteiger partial charge is 0.330 e. The van der Waals surface area contributed by atoms with Gasteiger partial charge in [0.1, 0.15) is 0 Å². The Morgan fingerprint density at radius 1 is 1.25 bits per heavy atom. The molecule has 0 bridgehead atoms. The average Bonchev–Trinajstić information content (AvgIpc) is 2.55. The molecule has 2 N–H and O–H groups in total. The van der Waals surface area contributed by atoms with Crippen LogP contribution in [0.2, 0.25) is 0 Å². The number of thioether (sulfide) groups is 1. The van der Waals surface area contributed by atoms with E-state index in [9.17, 15) is 0 Å². The average molecular weight is 348 g/mol. The van der Waals surface area contributed by atoms with Crippen molar-refractivity contribution in [3.63, 3.8) is 0 Å². The predicted octanol–water partition coefficient (Wildman–Crippen LogP) is 5.80. The summed E-state index contributed by atoms with van der Waals surface area (Å²) in [6.07, 6.45) is 7.65. The van der Waals surface area contributed by atoms with Crippen LogP contribution < -0.4 is 5.73 Å². The Kier molecular flexibility index (Phi) is 7.68. The fraction of sp³-hybridized carbons (Fsp3) is 0.727. The van der Waals surface area contributed by atoms with Crippen LogP contribution in [-0.2, 0) is 12.8 Å². The van der Waals surface area contributed by atoms with Crippen LogP contribution in [0.3, 0.4) is 0 Å². The van der Waals surface area contributed by atoms with Crippen molar-refractivity contribution in [1.29, 1.82) is 0 Å². The zero-order valence-electron chi connectivity index (χ0n) is 16.2. The molecule has 1 aromatic rings. The number of benzene rings is 1. The van der Waals surface area contributed by atoms with E-state index in [-0.39, 0.29) is 0 Å². The third kappa shape index (κ3) is 6.11. The molecule has 0 saturated carbocycles. The van der Waals surface area contributed by atoms with E-state index in [0.29, 0.717) is 11.3 Å². The molecule has 24 heavy (non-hydrogen) atoms. The molecule has 2 rings (SSSR count). The minimum Gasteiger partial charge on any atom is -0.330 e. The molecule has 0 spiro atoms. The topological polar surface area (TPSA) is 26.0 Å². The zero-order valence-corrected chi connectivity index (χ0v) is 17.1. The molecule has 0 aliphatic heterocycles. The van der Waals surface area contributed by atoms with Gasteiger partial charge in [-0.1, -0.05) is 52.3 Å². The Morgan fingerprint density at radius 2 is 2.04 bits per heavy atom. The van der Waals surface area contributed by atoms with Gasteiger partial charge in [0.05, 0.1) is 0 Å². The Hall–Kier alpha value is -0.470. The summed E-state index contributed by atoms with van der Waals surface area (Å²) in [5.74, 6) is 4.06. The number of rotatable bonds is 8. The van der Waals surface area contributed by atoms with Gasteiger partial charge in [-0.25, -0.2) is 0 Å². The zero-order chi connectivity index (χ0) is 17.6. The lowest BCUT2D eigenvalue weighted by atomic mass is 9.82. The molecular formula is C22H37NS. The lowest BCUT2D eigenvalue weighted by Gasteiger charge is -2.26. The normalized spacial score (nSPS) is 19.1. The molecule has 0 aromatic heterocycles. The molecule has 0 fully saturated rings. The molecule has 1 unspecified atom stereocenters. The lowest BCUT2D eigenvalue weighted by Crippen LogP contribution is -2.18. The maximum Gasteiger partial charge on any atom is -0.000824 e. The van der Waals surface area contributed by atoms with Crippen LogP contribution in [-0.4, -0.2) is 18.1 Å². The van der Waals surface area contributed by atoms with Gasteiger partial charge >= 0.3 is 0 Å². The van der Waals surface area contributed by atoms with Crippen molar-refractivity contribution in [1.82, 2.24) is 0 Å². The second-order valence-corrected chi connectivity index (χ2v) is 9.89. The van der Waals surface area contributed by atoms with Gasteiger partial charge in [-0.05, 0) is 84.1 Å². The molecule has 136 valence electrons. The molecule has 0 radical (unpaired) electrons. The Balaban J connectivity index is 1.87. The number of nitrogens with two attached hydrogens (primary N) is 1. The first-order valence-corrected chi connectivity index (χ1v) is 11.0. The molecule has 0 saturated heterocycles. The van der Waals surface area contributed by atoms with Crippen molar-refractivity contribution < 1.29 is 0 Å². The van der Waals surface area contributed by atoms with Gasteiger partial charge in [-0.3, -0.25) is 0 Å². The maximum atomic E-state index is 5.98. The fourth-order valence-electron chi connectivity index (χ4n) is 3.64. The van der Waals surface area contributed by atoms with Crippen molar-refractivity contribution >= 4 is 11.8 Å². The Bertz CT molecular complexity index is 503. The fourth-order valence-corrected chi connectivity index (χ4v) is 5.19. The van der Waals surface area contributed by atoms with Gasteiger partial charge in [0.25, 0.3) is 0 Å². The summed E-state index contributed by atoms with van der Waals surface area (Å²) in [6.45, 7) is 10.1. The number of fused-ring (bicyclic) bond motifs is 1. The molecule has 0 amide bonds. The van der Waals surface area contributed by atoms with Crippen LogP contribution in [0.4, 0.5) is 0 Å². The Labute approximate surface area is 154 Å². The van der Waals surface area contributed by atoms with E-state index in [4.69, 9.17) is 5.73 Å². The first-order chi connectivity index (χ1) is 11.4. The van der Waals surface area contributed by atoms with Gasteiger partial charge in [-0.15, -0.1) is 0 Å². The van der Waals surface area contributed by atoms with E-state index in [0.717, 1.165) is 12.5 Å². The molecule has 2 heteroatoms. The summed E-state index contributed by atoms with van der Waals surface area (Å²) in [5.41, 5.74) is 11.1. The smallest absolute Gasteiger partial charge is 0.000824 e. The van der Waals surface area contributed by atoms with E-state index >= 15 is 0 Å². The number of hydrogen-bond acceptors (Lipinski definition) is 2. The van der Waals surface area contributed by atoms with Gasteiger partial charge in [0.2, 0.25) is 0 Å². The van der Waals surface area contributed by atoms with Crippen molar-refractivity contribution in [2.75, 3.05) is 18.1 Å². The van der Waals surface area contributed by atoms with Crippen LogP contribution in [0.25, 0.3) is 0 Å². The summed E-state index contributed by atoms with van der Waals surface area (Å²) in [7, 11) is 0. The minimum absolute atomic E-state index is 0.473. The third-order valence-corrected chi connectivity index (χ3v) is 6.50. The van der Waals surface area contributed by atoms with Gasteiger partial charge < -0.3 is 5.73 Å². The standard InChI is InChI=1S/C22H37NS/c1-5-6-21(15-23)20-10-9-18-13-17(7-8-19(18)14-20)16-24-12-11-22(2,3)4/h9-10,14,17,21H,5-8,11-13,15-16,23H2,1-4H3/t17-,21?/m0/s1. The predicted molar refractivity (Wildman–Crippen MR) is 110 cm³/mol. The van der Waals surface area contributed by atoms with E-state index in [1.165, 1.54) is 55.6 Å². The van der Waals surface area contributed by atoms with Crippen LogP contribution in [0.5, 0.6) is 0 Å². The maximum absolute atomic E-state index is 5.98. The van der Waals surface area contributed by atoms with E-state index in [1.54, 1.807) is 11.1 Å². The minimum atomic E-state index is 0.473. The van der Waals surface area contributed by atoms with Crippen LogP contribution in [0.1, 0.15) is 76.0 Å². The number of hydrogen-bond donors (Lipinski definition) is 1. The SMILES string of the molecule is CCCC(CN)c1ccc2c(c1)CC[C@H](CSCCC(C)(C)C)C2. The third-order valence-electron chi connectivity index (χ3n) is 5.30. The van der Waals surface area contributed by atoms with Gasteiger partial charge in [0.15, 0.2) is 0 Å². The highest BCUT2D eigenvalue weighted by molar-refractivity contribution is 7.99. The number of aryl methyl sites for hydroxylation is 1. The van der Waals surface area contributed by atoms with Crippen LogP contribution in [0, 0.1) is 11.3 Å². The molecule has 0 heterocycles. The summed E-state index contributed by atoms with van der Waals surface area (Å²) >= 11 is 2.16. The first-order valence-electron chi connectivity index (χ1n) is 9.82. The highest BCUT2D eigenvalue weighted by atomic mass is 32.2. The van der Waals surface area contributed by atoms with Crippen molar-refractivity contribution in [3.05, 3.63) is 34.9 Å². The van der Waals surface area contributed by atoms with E-state index < -0.39 is 0 Å². The summed E-state index contributed by atoms with van der Waals surface area (Å²) < 4.78 is 0. The van der Waals surface area contributed by atoms with Crippen molar-refractivity contribution in [2.45, 2.75) is 72.1 Å². The highest BCUT2D eigenvalue weighted by Crippen LogP contribution is 2.32. The van der Waals surface area contributed by atoms with Gasteiger partial charge in [0, 0.05) is 0 Å². The lowest BCUT2D eigenvalue weighted by molar-refractivity contribution is 0.401. The summed E-state index contributed by atoms with van der Waals surface area (Å²) in [6, 6.07) is 7.21. The Morgan fingerprint density at radius 3 is 2.71 bits per heavy atom. The van der Waals surface area contributed by atoms with Crippen molar-refractivity contribution in [2.24, 2.45) is 17.1 Å². The molecule has 1 aliphatic rings. The van der Waals surface area contributed by atoms with E-state index in [2.05, 4.69) is 57.7 Å². The highest BCUT2D eigenvalue weighted by Gasteiger charge is 2.20.